The van der Waals surface area contributed by atoms with Crippen LogP contribution in [0.2, 0.25) is 0 Å². The summed E-state index contributed by atoms with van der Waals surface area (Å²) in [6, 6.07) is 0. The van der Waals surface area contributed by atoms with E-state index in [1.807, 2.05) is 0 Å². The van der Waals surface area contributed by atoms with Crippen LogP contribution in [0.25, 0.3) is 0 Å². The highest BCUT2D eigenvalue weighted by Crippen LogP contribution is 2.62. The fourth-order valence-corrected chi connectivity index (χ4v) is 5.37. The van der Waals surface area contributed by atoms with Crippen molar-refractivity contribution < 1.29 is 4.79 Å². The highest BCUT2D eigenvalue weighted by Gasteiger charge is 2.60. The van der Waals surface area contributed by atoms with Crippen LogP contribution < -0.4 is 0 Å². The van der Waals surface area contributed by atoms with Crippen LogP contribution in [0.4, 0.5) is 0 Å². The lowest BCUT2D eigenvalue weighted by atomic mass is 9.67. The molecule has 2 fully saturated rings. The Morgan fingerprint density at radius 3 is 2.77 bits per heavy atom. The van der Waals surface area contributed by atoms with Gasteiger partial charge in [-0.2, -0.15) is 0 Å². The van der Waals surface area contributed by atoms with E-state index in [1.165, 1.54) is 12.8 Å². The van der Waals surface area contributed by atoms with Gasteiger partial charge in [0.25, 0.3) is 0 Å². The Balaban J connectivity index is 2.42. The number of carbonyl (C=O) groups is 1. The maximum absolute atomic E-state index is 11.8. The Kier molecular flexibility index (Phi) is 2.25. The van der Waals surface area contributed by atoms with Gasteiger partial charge in [0.05, 0.1) is 0 Å². The summed E-state index contributed by atoms with van der Waals surface area (Å²) in [5.41, 5.74) is 0.608. The monoisotopic (exact) mass is 292 g/mol. The third-order valence-electron chi connectivity index (χ3n) is 4.37. The number of hydrogen-bond acceptors (Lipinski definition) is 1. The van der Waals surface area contributed by atoms with Crippen molar-refractivity contribution in [1.29, 1.82) is 0 Å². The molecule has 0 spiro atoms. The van der Waals surface area contributed by atoms with Crippen molar-refractivity contribution in [2.75, 3.05) is 4.43 Å². The van der Waals surface area contributed by atoms with Crippen molar-refractivity contribution in [1.82, 2.24) is 0 Å². The average molecular weight is 292 g/mol. The van der Waals surface area contributed by atoms with Crippen molar-refractivity contribution in [2.45, 2.75) is 39.5 Å². The van der Waals surface area contributed by atoms with Gasteiger partial charge >= 0.3 is 0 Å². The predicted molar refractivity (Wildman–Crippen MR) is 62.1 cm³/mol. The van der Waals surface area contributed by atoms with Crippen LogP contribution >= 0.6 is 22.6 Å². The lowest BCUT2D eigenvalue weighted by molar-refractivity contribution is -0.121. The van der Waals surface area contributed by atoms with Gasteiger partial charge < -0.3 is 0 Å². The summed E-state index contributed by atoms with van der Waals surface area (Å²) in [6.07, 6.45) is 4.52. The number of fused-ring (bicyclic) bond motifs is 1. The molecule has 0 heterocycles. The van der Waals surface area contributed by atoms with Gasteiger partial charge in [-0.05, 0) is 23.7 Å². The van der Waals surface area contributed by atoms with E-state index < -0.39 is 0 Å². The van der Waals surface area contributed by atoms with Gasteiger partial charge in [-0.1, -0.05) is 42.9 Å². The number of alkyl halides is 1. The maximum atomic E-state index is 11.8. The number of carbonyl (C=O) groups excluding carboxylic acids is 1. The molecule has 13 heavy (non-hydrogen) atoms. The number of halogens is 1. The predicted octanol–water partition coefficient (Wildman–Crippen LogP) is 3.21. The van der Waals surface area contributed by atoms with E-state index >= 15 is 0 Å². The summed E-state index contributed by atoms with van der Waals surface area (Å²) in [6.45, 7) is 4.57. The highest BCUT2D eigenvalue weighted by molar-refractivity contribution is 14.1. The second-order valence-electron chi connectivity index (χ2n) is 5.26. The van der Waals surface area contributed by atoms with Crippen LogP contribution in [-0.4, -0.2) is 10.2 Å². The van der Waals surface area contributed by atoms with Gasteiger partial charge in [0.15, 0.2) is 0 Å². The zero-order valence-electron chi connectivity index (χ0n) is 8.40. The first-order valence-corrected chi connectivity index (χ1v) is 6.65. The Hall–Kier alpha value is 0.400. The topological polar surface area (TPSA) is 17.1 Å². The van der Waals surface area contributed by atoms with E-state index in [9.17, 15) is 4.79 Å². The van der Waals surface area contributed by atoms with E-state index in [0.29, 0.717) is 17.1 Å². The minimum Gasteiger partial charge on any atom is -0.299 e. The zero-order valence-corrected chi connectivity index (χ0v) is 10.6. The largest absolute Gasteiger partial charge is 0.299 e. The zero-order chi connectivity index (χ0) is 9.69. The molecular formula is C11H17IO. The molecule has 0 amide bonds. The van der Waals surface area contributed by atoms with Crippen LogP contribution in [0.3, 0.4) is 0 Å². The number of rotatable bonds is 1. The second-order valence-corrected chi connectivity index (χ2v) is 6.02. The van der Waals surface area contributed by atoms with Crippen LogP contribution in [0.1, 0.15) is 39.5 Å². The summed E-state index contributed by atoms with van der Waals surface area (Å²) in [5.74, 6) is 0.943. The summed E-state index contributed by atoms with van der Waals surface area (Å²) < 4.78 is 1.16. The molecule has 1 nitrogen and oxygen atoms in total. The fraction of sp³-hybridized carbons (Fsp3) is 0.909. The molecule has 2 atom stereocenters. The molecule has 2 aliphatic rings. The molecule has 2 saturated carbocycles. The Morgan fingerprint density at radius 2 is 2.23 bits per heavy atom. The lowest BCUT2D eigenvalue weighted by Gasteiger charge is -2.39. The Labute approximate surface area is 93.8 Å². The molecule has 74 valence electrons. The Morgan fingerprint density at radius 1 is 1.54 bits per heavy atom. The highest BCUT2D eigenvalue weighted by atomic mass is 127. The second kappa shape index (κ2) is 2.94. The molecule has 2 heteroatoms. The number of ketones is 1. The molecule has 0 aliphatic heterocycles. The standard InChI is InChI=1S/C11H17IO/c1-10(2)6-9(13)8-4-3-5-11(8,10)7-12/h8H,3-7H2,1-2H3. The van der Waals surface area contributed by atoms with Crippen LogP contribution in [0.5, 0.6) is 0 Å². The summed E-state index contributed by atoms with van der Waals surface area (Å²) in [5, 5.41) is 0. The summed E-state index contributed by atoms with van der Waals surface area (Å²) in [7, 11) is 0. The molecule has 2 unspecified atom stereocenters. The van der Waals surface area contributed by atoms with Crippen molar-refractivity contribution in [3.8, 4) is 0 Å². The summed E-state index contributed by atoms with van der Waals surface area (Å²) in [4.78, 5) is 11.8. The normalized spacial score (nSPS) is 42.4. The van der Waals surface area contributed by atoms with Gasteiger partial charge in [-0.25, -0.2) is 0 Å². The minimum absolute atomic E-state index is 0.256. The first kappa shape index (κ1) is 9.94. The molecule has 0 aromatic carbocycles. The maximum Gasteiger partial charge on any atom is 0.137 e. The smallest absolute Gasteiger partial charge is 0.137 e. The third kappa shape index (κ3) is 1.13. The molecular weight excluding hydrogens is 275 g/mol. The van der Waals surface area contributed by atoms with Gasteiger partial charge in [0.1, 0.15) is 5.78 Å². The van der Waals surface area contributed by atoms with Crippen molar-refractivity contribution >= 4 is 28.4 Å². The fourth-order valence-electron chi connectivity index (χ4n) is 3.43. The molecule has 2 aliphatic carbocycles. The lowest BCUT2D eigenvalue weighted by Crippen LogP contribution is -2.36. The molecule has 0 saturated heterocycles. The van der Waals surface area contributed by atoms with E-state index in [-0.39, 0.29) is 5.41 Å². The van der Waals surface area contributed by atoms with Gasteiger partial charge in [-0.3, -0.25) is 4.79 Å². The Bertz CT molecular complexity index is 246. The van der Waals surface area contributed by atoms with Crippen LogP contribution in [-0.2, 0) is 4.79 Å². The third-order valence-corrected chi connectivity index (χ3v) is 5.74. The van der Waals surface area contributed by atoms with Crippen LogP contribution in [0.15, 0.2) is 0 Å². The van der Waals surface area contributed by atoms with Crippen molar-refractivity contribution in [2.24, 2.45) is 16.7 Å². The average Bonchev–Trinajstić information content (AvgIpc) is 2.53. The molecule has 0 bridgehead atoms. The van der Waals surface area contributed by atoms with Gasteiger partial charge in [0, 0.05) is 16.8 Å². The molecule has 0 aromatic rings. The van der Waals surface area contributed by atoms with E-state index in [0.717, 1.165) is 17.3 Å². The minimum atomic E-state index is 0.256. The first-order valence-electron chi connectivity index (χ1n) is 5.12. The van der Waals surface area contributed by atoms with E-state index in [4.69, 9.17) is 0 Å². The van der Waals surface area contributed by atoms with Crippen molar-refractivity contribution in [3.63, 3.8) is 0 Å². The molecule has 0 radical (unpaired) electrons. The molecule has 0 N–H and O–H groups in total. The first-order chi connectivity index (χ1) is 6.03. The quantitative estimate of drug-likeness (QED) is 0.536. The van der Waals surface area contributed by atoms with Crippen LogP contribution in [0, 0.1) is 16.7 Å². The number of Topliss-reactive ketones (excluding diaryl/α,β-unsaturated/α-hetero) is 1. The van der Waals surface area contributed by atoms with Gasteiger partial charge in [-0.15, -0.1) is 0 Å². The van der Waals surface area contributed by atoms with Gasteiger partial charge in [0.2, 0.25) is 0 Å². The van der Waals surface area contributed by atoms with Crippen molar-refractivity contribution in [3.05, 3.63) is 0 Å². The SMILES string of the molecule is CC1(C)CC(=O)C2CCCC21CI. The molecule has 2 rings (SSSR count). The number of hydrogen-bond donors (Lipinski definition) is 0. The molecule has 0 aromatic heterocycles. The van der Waals surface area contributed by atoms with E-state index in [2.05, 4.69) is 36.4 Å². The van der Waals surface area contributed by atoms with E-state index in [1.54, 1.807) is 0 Å². The summed E-state index contributed by atoms with van der Waals surface area (Å²) >= 11 is 2.48.